The van der Waals surface area contributed by atoms with Gasteiger partial charge in [0, 0.05) is 10.5 Å². The van der Waals surface area contributed by atoms with E-state index in [0.717, 1.165) is 16.5 Å². The summed E-state index contributed by atoms with van der Waals surface area (Å²) in [5.41, 5.74) is 0.983. The fraction of sp³-hybridized carbons (Fsp3) is 0.400. The molecule has 0 aliphatic rings. The Labute approximate surface area is 86.5 Å². The highest BCUT2D eigenvalue weighted by atomic mass is 79.9. The van der Waals surface area contributed by atoms with Crippen LogP contribution < -0.4 is 5.32 Å². The third-order valence-corrected chi connectivity index (χ3v) is 2.50. The van der Waals surface area contributed by atoms with Crippen LogP contribution in [-0.4, -0.2) is 7.05 Å². The Morgan fingerprint density at radius 2 is 2.15 bits per heavy atom. The summed E-state index contributed by atoms with van der Waals surface area (Å²) in [5.74, 6) is -0.196. The zero-order chi connectivity index (χ0) is 9.84. The van der Waals surface area contributed by atoms with E-state index in [1.54, 1.807) is 6.07 Å². The molecule has 0 aliphatic heterocycles. The highest BCUT2D eigenvalue weighted by molar-refractivity contribution is 9.10. The van der Waals surface area contributed by atoms with Gasteiger partial charge in [-0.2, -0.15) is 0 Å². The van der Waals surface area contributed by atoms with E-state index in [-0.39, 0.29) is 11.9 Å². The van der Waals surface area contributed by atoms with Crippen LogP contribution in [-0.2, 0) is 0 Å². The second kappa shape index (κ2) is 4.72. The molecule has 0 spiro atoms. The van der Waals surface area contributed by atoms with Crippen molar-refractivity contribution in [3.63, 3.8) is 0 Å². The summed E-state index contributed by atoms with van der Waals surface area (Å²) >= 11 is 3.27. The zero-order valence-corrected chi connectivity index (χ0v) is 9.36. The molecule has 72 valence electrons. The van der Waals surface area contributed by atoms with Gasteiger partial charge in [0.1, 0.15) is 5.82 Å². The van der Waals surface area contributed by atoms with Crippen LogP contribution in [0.4, 0.5) is 4.39 Å². The second-order valence-electron chi connectivity index (χ2n) is 2.95. The van der Waals surface area contributed by atoms with Crippen molar-refractivity contribution in [3.8, 4) is 0 Å². The average Bonchev–Trinajstić information content (AvgIpc) is 2.04. The first-order valence-corrected chi connectivity index (χ1v) is 5.10. The highest BCUT2D eigenvalue weighted by Gasteiger charge is 2.08. The molecule has 1 atom stereocenters. The Morgan fingerprint density at radius 3 is 2.62 bits per heavy atom. The summed E-state index contributed by atoms with van der Waals surface area (Å²) < 4.78 is 13.8. The maximum absolute atomic E-state index is 13.0. The van der Waals surface area contributed by atoms with Gasteiger partial charge in [0.2, 0.25) is 0 Å². The van der Waals surface area contributed by atoms with E-state index >= 15 is 0 Å². The van der Waals surface area contributed by atoms with Crippen molar-refractivity contribution in [3.05, 3.63) is 34.1 Å². The van der Waals surface area contributed by atoms with Gasteiger partial charge >= 0.3 is 0 Å². The number of rotatable bonds is 3. The molecule has 0 amide bonds. The Kier molecular flexibility index (Phi) is 3.88. The largest absolute Gasteiger partial charge is 0.313 e. The van der Waals surface area contributed by atoms with Crippen LogP contribution in [0.15, 0.2) is 22.7 Å². The predicted molar refractivity (Wildman–Crippen MR) is 56.2 cm³/mol. The molecule has 0 saturated carbocycles. The van der Waals surface area contributed by atoms with Crippen LogP contribution in [0.3, 0.4) is 0 Å². The first-order valence-electron chi connectivity index (χ1n) is 4.30. The van der Waals surface area contributed by atoms with Crippen molar-refractivity contribution >= 4 is 15.9 Å². The lowest BCUT2D eigenvalue weighted by atomic mass is 10.1. The lowest BCUT2D eigenvalue weighted by Crippen LogP contribution is -2.15. The zero-order valence-electron chi connectivity index (χ0n) is 7.77. The summed E-state index contributed by atoms with van der Waals surface area (Å²) in [6.45, 7) is 2.07. The van der Waals surface area contributed by atoms with Crippen LogP contribution in [0.25, 0.3) is 0 Å². The fourth-order valence-electron chi connectivity index (χ4n) is 1.38. The van der Waals surface area contributed by atoms with Crippen molar-refractivity contribution < 1.29 is 4.39 Å². The topological polar surface area (TPSA) is 12.0 Å². The molecule has 0 saturated heterocycles. The minimum absolute atomic E-state index is 0.196. The molecule has 0 aromatic heterocycles. The van der Waals surface area contributed by atoms with Crippen LogP contribution >= 0.6 is 15.9 Å². The molecule has 0 aliphatic carbocycles. The molecule has 0 fully saturated rings. The first kappa shape index (κ1) is 10.7. The monoisotopic (exact) mass is 245 g/mol. The number of halogens is 2. The van der Waals surface area contributed by atoms with Crippen LogP contribution in [0.2, 0.25) is 0 Å². The molecule has 1 rings (SSSR count). The van der Waals surface area contributed by atoms with Crippen molar-refractivity contribution in [2.45, 2.75) is 19.4 Å². The first-order chi connectivity index (χ1) is 6.17. The number of nitrogens with one attached hydrogen (secondary N) is 1. The minimum atomic E-state index is -0.196. The Morgan fingerprint density at radius 1 is 1.46 bits per heavy atom. The molecule has 0 heterocycles. The molecule has 13 heavy (non-hydrogen) atoms. The van der Waals surface area contributed by atoms with Gasteiger partial charge in [0.15, 0.2) is 0 Å². The van der Waals surface area contributed by atoms with E-state index in [0.29, 0.717) is 0 Å². The average molecular weight is 246 g/mol. The van der Waals surface area contributed by atoms with Gasteiger partial charge in [-0.25, -0.2) is 4.39 Å². The molecule has 1 nitrogen and oxygen atoms in total. The van der Waals surface area contributed by atoms with E-state index in [9.17, 15) is 4.39 Å². The van der Waals surface area contributed by atoms with Crippen molar-refractivity contribution in [1.29, 1.82) is 0 Å². The molecule has 3 heteroatoms. The quantitative estimate of drug-likeness (QED) is 0.863. The van der Waals surface area contributed by atoms with Crippen LogP contribution in [0.5, 0.6) is 0 Å². The third kappa shape index (κ3) is 2.78. The van der Waals surface area contributed by atoms with E-state index in [2.05, 4.69) is 28.2 Å². The molecule has 1 N–H and O–H groups in total. The SMILES string of the molecule is CCC(NC)c1cc(F)cc(Br)c1. The van der Waals surface area contributed by atoms with Gasteiger partial charge in [0.05, 0.1) is 0 Å². The van der Waals surface area contributed by atoms with Crippen molar-refractivity contribution in [2.75, 3.05) is 7.05 Å². The Balaban J connectivity index is 2.99. The van der Waals surface area contributed by atoms with Gasteiger partial charge in [-0.1, -0.05) is 22.9 Å². The highest BCUT2D eigenvalue weighted by Crippen LogP contribution is 2.21. The van der Waals surface area contributed by atoms with Crippen molar-refractivity contribution in [1.82, 2.24) is 5.32 Å². The van der Waals surface area contributed by atoms with Gasteiger partial charge in [0.25, 0.3) is 0 Å². The maximum atomic E-state index is 13.0. The van der Waals surface area contributed by atoms with E-state index in [1.807, 2.05) is 13.1 Å². The van der Waals surface area contributed by atoms with Gasteiger partial charge < -0.3 is 5.32 Å². The summed E-state index contributed by atoms with van der Waals surface area (Å²) in [4.78, 5) is 0. The standard InChI is InChI=1S/C10H13BrFN/c1-3-10(13-2)7-4-8(11)6-9(12)5-7/h4-6,10,13H,3H2,1-2H3. The van der Waals surface area contributed by atoms with E-state index in [4.69, 9.17) is 0 Å². The van der Waals surface area contributed by atoms with Crippen LogP contribution in [0.1, 0.15) is 24.9 Å². The van der Waals surface area contributed by atoms with E-state index in [1.165, 1.54) is 6.07 Å². The third-order valence-electron chi connectivity index (χ3n) is 2.04. The molecule has 1 aromatic carbocycles. The summed E-state index contributed by atoms with van der Waals surface area (Å²) in [6, 6.07) is 5.20. The van der Waals surface area contributed by atoms with Gasteiger partial charge in [-0.15, -0.1) is 0 Å². The van der Waals surface area contributed by atoms with Gasteiger partial charge in [-0.3, -0.25) is 0 Å². The van der Waals surface area contributed by atoms with Gasteiger partial charge in [-0.05, 0) is 37.2 Å². The minimum Gasteiger partial charge on any atom is -0.313 e. The number of hydrogen-bond donors (Lipinski definition) is 1. The molecule has 1 aromatic rings. The molecule has 1 unspecified atom stereocenters. The Hall–Kier alpha value is -0.410. The Bertz CT molecular complexity index is 264. The number of hydrogen-bond acceptors (Lipinski definition) is 1. The summed E-state index contributed by atoms with van der Waals surface area (Å²) in [7, 11) is 1.88. The lowest BCUT2D eigenvalue weighted by Gasteiger charge is -2.14. The lowest BCUT2D eigenvalue weighted by molar-refractivity contribution is 0.565. The molecule has 0 radical (unpaired) electrons. The smallest absolute Gasteiger partial charge is 0.124 e. The number of benzene rings is 1. The van der Waals surface area contributed by atoms with Crippen LogP contribution in [0, 0.1) is 5.82 Å². The second-order valence-corrected chi connectivity index (χ2v) is 3.87. The molecule has 0 bridgehead atoms. The normalized spacial score (nSPS) is 12.9. The summed E-state index contributed by atoms with van der Waals surface area (Å²) in [6.07, 6.45) is 0.951. The maximum Gasteiger partial charge on any atom is 0.124 e. The predicted octanol–water partition coefficient (Wildman–Crippen LogP) is 3.26. The van der Waals surface area contributed by atoms with Crippen molar-refractivity contribution in [2.24, 2.45) is 0 Å². The summed E-state index contributed by atoms with van der Waals surface area (Å²) in [5, 5.41) is 3.13. The molecular formula is C10H13BrFN. The molecular weight excluding hydrogens is 233 g/mol. The fourth-order valence-corrected chi connectivity index (χ4v) is 1.87. The van der Waals surface area contributed by atoms with E-state index < -0.39 is 0 Å².